The maximum Gasteiger partial charge on any atom is 0.259 e. The number of hydrogen-bond donors (Lipinski definition) is 1. The summed E-state index contributed by atoms with van der Waals surface area (Å²) >= 11 is 13.6. The fourth-order valence-electron chi connectivity index (χ4n) is 3.18. The number of likely N-dealkylation sites (tertiary alicyclic amines) is 1. The molecule has 0 unspecified atom stereocenters. The van der Waals surface area contributed by atoms with Crippen molar-refractivity contribution in [3.63, 3.8) is 0 Å². The van der Waals surface area contributed by atoms with Crippen molar-refractivity contribution in [2.24, 2.45) is 0 Å². The number of nitrogens with zero attached hydrogens (tertiary/aromatic N) is 1. The fourth-order valence-corrected chi connectivity index (χ4v) is 4.15. The summed E-state index contributed by atoms with van der Waals surface area (Å²) in [6.07, 6.45) is 3.60. The monoisotopic (exact) mass is 462 g/mol. The molecule has 0 aliphatic carbocycles. The van der Waals surface area contributed by atoms with E-state index >= 15 is 0 Å². The molecule has 158 valence electrons. The molecule has 2 aromatic rings. The summed E-state index contributed by atoms with van der Waals surface area (Å²) in [7, 11) is 0. The maximum atomic E-state index is 12.5. The van der Waals surface area contributed by atoms with Gasteiger partial charge in [-0.3, -0.25) is 4.79 Å². The van der Waals surface area contributed by atoms with E-state index in [1.54, 1.807) is 18.2 Å². The highest BCUT2D eigenvalue weighted by molar-refractivity contribution is 8.06. The van der Waals surface area contributed by atoms with Gasteiger partial charge in [-0.25, -0.2) is 0 Å². The Kier molecular flexibility index (Phi) is 8.14. The largest absolute Gasteiger partial charge is 0.454 e. The molecule has 0 saturated carbocycles. The molecule has 1 heterocycles. The predicted molar refractivity (Wildman–Crippen MR) is 128 cm³/mol. The van der Waals surface area contributed by atoms with Crippen LogP contribution in [0, 0.1) is 0 Å². The summed E-state index contributed by atoms with van der Waals surface area (Å²) in [5.41, 5.74) is 0.890. The zero-order valence-electron chi connectivity index (χ0n) is 16.7. The summed E-state index contributed by atoms with van der Waals surface area (Å²) in [6.45, 7) is 7.19. The van der Waals surface area contributed by atoms with E-state index in [2.05, 4.69) is 11.9 Å². The van der Waals surface area contributed by atoms with Gasteiger partial charge in [0.25, 0.3) is 5.91 Å². The highest BCUT2D eigenvalue weighted by atomic mass is 35.5. The molecular formula is C23H24Cl2N2O2S. The van der Waals surface area contributed by atoms with E-state index in [9.17, 15) is 4.79 Å². The van der Waals surface area contributed by atoms with E-state index in [0.717, 1.165) is 18.5 Å². The van der Waals surface area contributed by atoms with E-state index in [-0.39, 0.29) is 11.9 Å². The Morgan fingerprint density at radius 1 is 1.20 bits per heavy atom. The van der Waals surface area contributed by atoms with Gasteiger partial charge in [-0.1, -0.05) is 59.8 Å². The fraction of sp³-hybridized carbons (Fsp3) is 0.261. The topological polar surface area (TPSA) is 41.6 Å². The lowest BCUT2D eigenvalue weighted by Crippen LogP contribution is -2.42. The van der Waals surface area contributed by atoms with Gasteiger partial charge in [-0.15, -0.1) is 0 Å². The molecule has 1 saturated heterocycles. The van der Waals surface area contributed by atoms with Gasteiger partial charge in [0.05, 0.1) is 15.6 Å². The lowest BCUT2D eigenvalue weighted by atomic mass is 10.0. The Hall–Kier alpha value is -2.08. The average molecular weight is 463 g/mol. The van der Waals surface area contributed by atoms with Gasteiger partial charge in [0.2, 0.25) is 0 Å². The summed E-state index contributed by atoms with van der Waals surface area (Å²) in [5.74, 6) is 1.25. The summed E-state index contributed by atoms with van der Waals surface area (Å²) in [6, 6.07) is 13.2. The number of allylic oxidation sites excluding steroid dienone is 1. The third-order valence-electron chi connectivity index (χ3n) is 4.73. The number of thioether (sulfide) groups is 1. The standard InChI is InChI=1S/C23H24Cl2N2O2S/c1-3-14-30-16(2)23(28)27-12-10-18(11-13-27)26-20-6-4-5-7-22(20)29-21-9-8-17(24)15-19(21)25/h3-9,14-15,18,26H,2,10-13H2,1H3/b14-3-. The number of ether oxygens (including phenoxy) is 1. The molecule has 1 fully saturated rings. The van der Waals surface area contributed by atoms with Crippen molar-refractivity contribution in [2.45, 2.75) is 25.8 Å². The summed E-state index contributed by atoms with van der Waals surface area (Å²) in [4.78, 5) is 14.9. The van der Waals surface area contributed by atoms with Crippen molar-refractivity contribution in [3.05, 3.63) is 75.5 Å². The van der Waals surface area contributed by atoms with Crippen LogP contribution in [0.15, 0.2) is 65.4 Å². The average Bonchev–Trinajstić information content (AvgIpc) is 2.75. The molecule has 30 heavy (non-hydrogen) atoms. The number of hydrogen-bond acceptors (Lipinski definition) is 4. The number of piperidine rings is 1. The van der Waals surface area contributed by atoms with Crippen molar-refractivity contribution in [1.29, 1.82) is 0 Å². The van der Waals surface area contributed by atoms with Crippen LogP contribution in [0.4, 0.5) is 5.69 Å². The zero-order valence-corrected chi connectivity index (χ0v) is 19.1. The predicted octanol–water partition coefficient (Wildman–Crippen LogP) is 6.97. The molecule has 0 atom stereocenters. The molecule has 3 rings (SSSR count). The minimum absolute atomic E-state index is 0.0117. The lowest BCUT2D eigenvalue weighted by Gasteiger charge is -2.33. The highest BCUT2D eigenvalue weighted by Crippen LogP contribution is 2.35. The third-order valence-corrected chi connectivity index (χ3v) is 6.13. The van der Waals surface area contributed by atoms with Crippen LogP contribution in [-0.4, -0.2) is 29.9 Å². The zero-order chi connectivity index (χ0) is 21.5. The lowest BCUT2D eigenvalue weighted by molar-refractivity contribution is -0.127. The Morgan fingerprint density at radius 2 is 1.93 bits per heavy atom. The molecule has 1 N–H and O–H groups in total. The first-order chi connectivity index (χ1) is 14.5. The molecule has 1 aliphatic rings. The molecule has 0 radical (unpaired) electrons. The van der Waals surface area contributed by atoms with Gasteiger partial charge in [0.1, 0.15) is 5.75 Å². The minimum atomic E-state index is 0.0117. The number of carbonyl (C=O) groups is 1. The van der Waals surface area contributed by atoms with E-state index < -0.39 is 0 Å². The number of para-hydroxylation sites is 2. The van der Waals surface area contributed by atoms with Crippen LogP contribution < -0.4 is 10.1 Å². The number of halogens is 2. The second-order valence-electron chi connectivity index (χ2n) is 6.89. The Morgan fingerprint density at radius 3 is 2.63 bits per heavy atom. The molecule has 7 heteroatoms. The number of amides is 1. The van der Waals surface area contributed by atoms with Gasteiger partial charge in [-0.2, -0.15) is 0 Å². The number of benzene rings is 2. The van der Waals surface area contributed by atoms with Crippen LogP contribution >= 0.6 is 35.0 Å². The molecule has 0 aromatic heterocycles. The molecule has 0 bridgehead atoms. The van der Waals surface area contributed by atoms with Gasteiger partial charge in [0.15, 0.2) is 5.75 Å². The SMILES string of the molecule is C=C(S/C=C\C)C(=O)N1CCC(Nc2ccccc2Oc2ccc(Cl)cc2Cl)CC1. The van der Waals surface area contributed by atoms with Crippen LogP contribution in [0.1, 0.15) is 19.8 Å². The molecule has 1 aliphatic heterocycles. The van der Waals surface area contributed by atoms with Crippen LogP contribution in [0.25, 0.3) is 0 Å². The highest BCUT2D eigenvalue weighted by Gasteiger charge is 2.24. The van der Waals surface area contributed by atoms with Gasteiger partial charge < -0.3 is 15.0 Å². The molecule has 4 nitrogen and oxygen atoms in total. The first kappa shape index (κ1) is 22.6. The Balaban J connectivity index is 1.60. The molecular weight excluding hydrogens is 439 g/mol. The van der Waals surface area contributed by atoms with Gasteiger partial charge in [-0.05, 0) is 55.5 Å². The number of anilines is 1. The summed E-state index contributed by atoms with van der Waals surface area (Å²) in [5, 5.41) is 6.45. The Bertz CT molecular complexity index is 941. The summed E-state index contributed by atoms with van der Waals surface area (Å²) < 4.78 is 6.03. The van der Waals surface area contributed by atoms with Crippen LogP contribution in [0.3, 0.4) is 0 Å². The van der Waals surface area contributed by atoms with Crippen LogP contribution in [0.2, 0.25) is 10.0 Å². The van der Waals surface area contributed by atoms with Gasteiger partial charge >= 0.3 is 0 Å². The smallest absolute Gasteiger partial charge is 0.259 e. The first-order valence-electron chi connectivity index (χ1n) is 9.72. The second-order valence-corrected chi connectivity index (χ2v) is 8.74. The molecule has 1 amide bonds. The van der Waals surface area contributed by atoms with Gasteiger partial charge in [0, 0.05) is 24.2 Å². The van der Waals surface area contributed by atoms with Crippen molar-refractivity contribution < 1.29 is 9.53 Å². The first-order valence-corrected chi connectivity index (χ1v) is 11.4. The van der Waals surface area contributed by atoms with Crippen LogP contribution in [-0.2, 0) is 4.79 Å². The normalized spacial score (nSPS) is 14.7. The van der Waals surface area contributed by atoms with Crippen molar-refractivity contribution in [1.82, 2.24) is 4.90 Å². The third kappa shape index (κ3) is 5.97. The Labute approximate surface area is 191 Å². The maximum absolute atomic E-state index is 12.5. The van der Waals surface area contributed by atoms with E-state index in [0.29, 0.717) is 39.5 Å². The van der Waals surface area contributed by atoms with Crippen LogP contribution in [0.5, 0.6) is 11.5 Å². The quantitative estimate of drug-likeness (QED) is 0.451. The second kappa shape index (κ2) is 10.8. The van der Waals surface area contributed by atoms with Crippen molar-refractivity contribution in [2.75, 3.05) is 18.4 Å². The number of rotatable bonds is 7. The molecule has 0 spiro atoms. The minimum Gasteiger partial charge on any atom is -0.454 e. The van der Waals surface area contributed by atoms with Crippen molar-refractivity contribution >= 4 is 46.6 Å². The number of nitrogens with one attached hydrogen (secondary N) is 1. The van der Waals surface area contributed by atoms with E-state index in [1.165, 1.54) is 11.8 Å². The number of carbonyl (C=O) groups excluding carboxylic acids is 1. The van der Waals surface area contributed by atoms with E-state index in [1.807, 2.05) is 47.6 Å². The van der Waals surface area contributed by atoms with Crippen molar-refractivity contribution in [3.8, 4) is 11.5 Å². The molecule has 2 aromatic carbocycles. The van der Waals surface area contributed by atoms with E-state index in [4.69, 9.17) is 27.9 Å².